The average Bonchev–Trinajstić information content (AvgIpc) is 2.68. The Bertz CT molecular complexity index is 776. The minimum absolute atomic E-state index is 0.320. The Morgan fingerprint density at radius 3 is 2.62 bits per heavy atom. The van der Waals surface area contributed by atoms with E-state index in [0.717, 1.165) is 31.1 Å². The van der Waals surface area contributed by atoms with Crippen LogP contribution in [0.15, 0.2) is 48.0 Å². The predicted octanol–water partition coefficient (Wildman–Crippen LogP) is 3.52. The van der Waals surface area contributed by atoms with Gasteiger partial charge in [0.15, 0.2) is 11.0 Å². The molecule has 6 nitrogen and oxygen atoms in total. The summed E-state index contributed by atoms with van der Waals surface area (Å²) in [7, 11) is 0. The van der Waals surface area contributed by atoms with Crippen LogP contribution in [0.3, 0.4) is 0 Å². The molecule has 1 aromatic carbocycles. The first-order valence-corrected chi connectivity index (χ1v) is 8.85. The van der Waals surface area contributed by atoms with Crippen molar-refractivity contribution in [1.82, 2.24) is 10.2 Å². The molecule has 7 heteroatoms. The number of halogens is 1. The van der Waals surface area contributed by atoms with Crippen molar-refractivity contribution < 1.29 is 14.3 Å². The van der Waals surface area contributed by atoms with Gasteiger partial charge in [0.05, 0.1) is 12.2 Å². The summed E-state index contributed by atoms with van der Waals surface area (Å²) >= 11 is 5.77. The molecule has 0 bridgehead atoms. The van der Waals surface area contributed by atoms with Crippen molar-refractivity contribution in [3.05, 3.63) is 58.8 Å². The van der Waals surface area contributed by atoms with Gasteiger partial charge < -0.3 is 14.4 Å². The predicted molar refractivity (Wildman–Crippen MR) is 99.8 cm³/mol. The summed E-state index contributed by atoms with van der Waals surface area (Å²) in [5.74, 6) is 1.23. The highest BCUT2D eigenvalue weighted by atomic mass is 35.5. The van der Waals surface area contributed by atoms with Gasteiger partial charge in [-0.1, -0.05) is 17.7 Å². The van der Waals surface area contributed by atoms with E-state index in [1.807, 2.05) is 6.07 Å². The molecule has 1 aromatic heterocycles. The molecular weight excluding hydrogens is 354 g/mol. The lowest BCUT2D eigenvalue weighted by Gasteiger charge is -2.27. The SMILES string of the molecule is CCOC(=O)c1ccc(OCC2=CCN(c3ccc(Cl)nn3)CC2)cc1. The van der Waals surface area contributed by atoms with E-state index in [0.29, 0.717) is 23.9 Å². The third-order valence-corrected chi connectivity index (χ3v) is 4.24. The molecule has 0 fully saturated rings. The molecule has 136 valence electrons. The normalized spacial score (nSPS) is 13.9. The second-order valence-corrected chi connectivity index (χ2v) is 6.19. The summed E-state index contributed by atoms with van der Waals surface area (Å²) in [6.07, 6.45) is 3.04. The number of hydrogen-bond acceptors (Lipinski definition) is 6. The lowest BCUT2D eigenvalue weighted by molar-refractivity contribution is 0.0526. The van der Waals surface area contributed by atoms with Crippen LogP contribution in [0.4, 0.5) is 5.82 Å². The van der Waals surface area contributed by atoms with E-state index in [2.05, 4.69) is 21.2 Å². The standard InChI is InChI=1S/C19H20ClN3O3/c1-2-25-19(24)15-3-5-16(6-4-15)26-13-14-9-11-23(12-10-14)18-8-7-17(20)21-22-18/h3-9H,2,10-13H2,1H3. The fourth-order valence-electron chi connectivity index (χ4n) is 2.61. The van der Waals surface area contributed by atoms with Crippen molar-refractivity contribution in [3.8, 4) is 5.75 Å². The van der Waals surface area contributed by atoms with E-state index in [9.17, 15) is 4.79 Å². The third-order valence-electron chi connectivity index (χ3n) is 4.03. The highest BCUT2D eigenvalue weighted by Gasteiger charge is 2.14. The summed E-state index contributed by atoms with van der Waals surface area (Å²) in [5.41, 5.74) is 1.76. The molecule has 0 saturated carbocycles. The molecular formula is C19H20ClN3O3. The van der Waals surface area contributed by atoms with Crippen LogP contribution in [0.1, 0.15) is 23.7 Å². The monoisotopic (exact) mass is 373 g/mol. The molecule has 0 unspecified atom stereocenters. The molecule has 0 saturated heterocycles. The first-order valence-electron chi connectivity index (χ1n) is 8.48. The summed E-state index contributed by atoms with van der Waals surface area (Å²) in [6, 6.07) is 10.6. The Hall–Kier alpha value is -2.60. The third kappa shape index (κ3) is 4.73. The molecule has 1 aliphatic heterocycles. The molecule has 2 aromatic rings. The van der Waals surface area contributed by atoms with E-state index < -0.39 is 0 Å². The lowest BCUT2D eigenvalue weighted by Crippen LogP contribution is -2.30. The van der Waals surface area contributed by atoms with Crippen LogP contribution in [-0.4, -0.2) is 42.5 Å². The number of esters is 1. The number of nitrogens with zero attached hydrogens (tertiary/aromatic N) is 3. The number of ether oxygens (including phenoxy) is 2. The van der Waals surface area contributed by atoms with Crippen molar-refractivity contribution in [1.29, 1.82) is 0 Å². The lowest BCUT2D eigenvalue weighted by atomic mass is 10.1. The van der Waals surface area contributed by atoms with Crippen molar-refractivity contribution in [3.63, 3.8) is 0 Å². The number of anilines is 1. The molecule has 0 radical (unpaired) electrons. The Kier molecular flexibility index (Phi) is 6.07. The van der Waals surface area contributed by atoms with Crippen molar-refractivity contribution >= 4 is 23.4 Å². The Balaban J connectivity index is 1.51. The quantitative estimate of drug-likeness (QED) is 0.570. The van der Waals surface area contributed by atoms with Gasteiger partial charge in [-0.3, -0.25) is 0 Å². The average molecular weight is 374 g/mol. The molecule has 0 atom stereocenters. The maximum Gasteiger partial charge on any atom is 0.338 e. The van der Waals surface area contributed by atoms with Gasteiger partial charge in [-0.05, 0) is 55.3 Å². The highest BCUT2D eigenvalue weighted by molar-refractivity contribution is 6.29. The number of aromatic nitrogens is 2. The number of hydrogen-bond donors (Lipinski definition) is 0. The zero-order valence-electron chi connectivity index (χ0n) is 14.5. The van der Waals surface area contributed by atoms with Crippen LogP contribution < -0.4 is 9.64 Å². The molecule has 26 heavy (non-hydrogen) atoms. The largest absolute Gasteiger partial charge is 0.489 e. The van der Waals surface area contributed by atoms with E-state index >= 15 is 0 Å². The van der Waals surface area contributed by atoms with Crippen LogP contribution in [-0.2, 0) is 4.74 Å². The topological polar surface area (TPSA) is 64.6 Å². The molecule has 2 heterocycles. The zero-order chi connectivity index (χ0) is 18.4. The van der Waals surface area contributed by atoms with Gasteiger partial charge in [0.1, 0.15) is 12.4 Å². The van der Waals surface area contributed by atoms with E-state index in [1.165, 1.54) is 5.57 Å². The number of rotatable bonds is 6. The van der Waals surface area contributed by atoms with Gasteiger partial charge in [0.2, 0.25) is 0 Å². The molecule has 0 N–H and O–H groups in total. The Morgan fingerprint density at radius 1 is 1.19 bits per heavy atom. The number of carbonyl (C=O) groups is 1. The van der Waals surface area contributed by atoms with Gasteiger partial charge in [-0.15, -0.1) is 10.2 Å². The minimum Gasteiger partial charge on any atom is -0.489 e. The van der Waals surface area contributed by atoms with Crippen LogP contribution in [0.2, 0.25) is 5.15 Å². The fraction of sp³-hybridized carbons (Fsp3) is 0.316. The van der Waals surface area contributed by atoms with Crippen molar-refractivity contribution in [2.24, 2.45) is 0 Å². The second kappa shape index (κ2) is 8.67. The van der Waals surface area contributed by atoms with Gasteiger partial charge >= 0.3 is 5.97 Å². The molecule has 1 aliphatic rings. The number of benzene rings is 1. The molecule has 0 aliphatic carbocycles. The Labute approximate surface area is 157 Å². The maximum atomic E-state index is 11.6. The van der Waals surface area contributed by atoms with Gasteiger partial charge in [-0.25, -0.2) is 4.79 Å². The summed E-state index contributed by atoms with van der Waals surface area (Å²) in [5, 5.41) is 8.37. The molecule has 3 rings (SSSR count). The summed E-state index contributed by atoms with van der Waals surface area (Å²) in [4.78, 5) is 13.8. The van der Waals surface area contributed by atoms with Crippen LogP contribution >= 0.6 is 11.6 Å². The summed E-state index contributed by atoms with van der Waals surface area (Å²) < 4.78 is 10.8. The highest BCUT2D eigenvalue weighted by Crippen LogP contribution is 2.20. The van der Waals surface area contributed by atoms with E-state index in [4.69, 9.17) is 21.1 Å². The van der Waals surface area contributed by atoms with Crippen LogP contribution in [0.25, 0.3) is 0 Å². The summed E-state index contributed by atoms with van der Waals surface area (Å²) in [6.45, 7) is 4.29. The second-order valence-electron chi connectivity index (χ2n) is 5.81. The van der Waals surface area contributed by atoms with Crippen molar-refractivity contribution in [2.75, 3.05) is 31.2 Å². The van der Waals surface area contributed by atoms with Crippen molar-refractivity contribution in [2.45, 2.75) is 13.3 Å². The minimum atomic E-state index is -0.320. The molecule has 0 amide bonds. The smallest absolute Gasteiger partial charge is 0.338 e. The van der Waals surface area contributed by atoms with Gasteiger partial charge in [0, 0.05) is 13.1 Å². The number of carbonyl (C=O) groups excluding carboxylic acids is 1. The van der Waals surface area contributed by atoms with E-state index in [-0.39, 0.29) is 5.97 Å². The van der Waals surface area contributed by atoms with Gasteiger partial charge in [-0.2, -0.15) is 0 Å². The van der Waals surface area contributed by atoms with Gasteiger partial charge in [0.25, 0.3) is 0 Å². The van der Waals surface area contributed by atoms with Crippen LogP contribution in [0, 0.1) is 0 Å². The maximum absolute atomic E-state index is 11.6. The molecule has 0 spiro atoms. The zero-order valence-corrected chi connectivity index (χ0v) is 15.3. The Morgan fingerprint density at radius 2 is 2.00 bits per heavy atom. The van der Waals surface area contributed by atoms with E-state index in [1.54, 1.807) is 37.3 Å². The first kappa shape index (κ1) is 18.2. The fourth-order valence-corrected chi connectivity index (χ4v) is 2.71. The van der Waals surface area contributed by atoms with Crippen LogP contribution in [0.5, 0.6) is 5.75 Å². The first-order chi connectivity index (χ1) is 12.7.